The van der Waals surface area contributed by atoms with E-state index < -0.39 is 0 Å². The normalized spacial score (nSPS) is 10.9. The monoisotopic (exact) mass is 368 g/mol. The Morgan fingerprint density at radius 1 is 1.25 bits per heavy atom. The van der Waals surface area contributed by atoms with Crippen molar-refractivity contribution >= 4 is 50.8 Å². The van der Waals surface area contributed by atoms with E-state index in [0.717, 1.165) is 26.9 Å². The number of hydrogen-bond acceptors (Lipinski definition) is 2. The zero-order chi connectivity index (χ0) is 14.3. The summed E-state index contributed by atoms with van der Waals surface area (Å²) in [6.07, 6.45) is 0. The molecule has 0 unspecified atom stereocenters. The number of benzene rings is 2. The second kappa shape index (κ2) is 5.24. The topological polar surface area (TPSA) is 29.9 Å². The number of imidazole rings is 1. The number of methoxy groups -OCH3 is 1. The highest BCUT2D eigenvalue weighted by molar-refractivity contribution is 9.10. The van der Waals surface area contributed by atoms with Gasteiger partial charge in [-0.25, -0.2) is 0 Å². The Bertz CT molecular complexity index is 856. The van der Waals surface area contributed by atoms with Crippen molar-refractivity contribution in [3.8, 4) is 11.4 Å². The molecule has 1 N–H and O–H groups in total. The van der Waals surface area contributed by atoms with Gasteiger partial charge in [0.15, 0.2) is 4.77 Å². The lowest BCUT2D eigenvalue weighted by Crippen LogP contribution is -1.95. The standard InChI is InChI=1S/C14H10BrClN2OS/c1-19-9-3-5-11-13(7-9)18(14(20)17-11)12-6-8(15)2-4-10(12)16/h2-7H,1H3,(H,17,20). The molecule has 1 aromatic heterocycles. The number of ether oxygens (including phenoxy) is 1. The summed E-state index contributed by atoms with van der Waals surface area (Å²) in [6, 6.07) is 11.4. The van der Waals surface area contributed by atoms with Crippen molar-refractivity contribution in [1.29, 1.82) is 0 Å². The van der Waals surface area contributed by atoms with E-state index in [-0.39, 0.29) is 0 Å². The Morgan fingerprint density at radius 3 is 2.80 bits per heavy atom. The lowest BCUT2D eigenvalue weighted by Gasteiger charge is -2.08. The maximum absolute atomic E-state index is 6.30. The molecule has 1 heterocycles. The van der Waals surface area contributed by atoms with E-state index >= 15 is 0 Å². The molecule has 102 valence electrons. The third kappa shape index (κ3) is 2.26. The van der Waals surface area contributed by atoms with Gasteiger partial charge < -0.3 is 9.72 Å². The van der Waals surface area contributed by atoms with Crippen molar-refractivity contribution in [2.24, 2.45) is 0 Å². The zero-order valence-electron chi connectivity index (χ0n) is 10.5. The summed E-state index contributed by atoms with van der Waals surface area (Å²) < 4.78 is 8.71. The third-order valence-electron chi connectivity index (χ3n) is 3.04. The summed E-state index contributed by atoms with van der Waals surface area (Å²) in [5.41, 5.74) is 2.69. The Morgan fingerprint density at radius 2 is 2.05 bits per heavy atom. The van der Waals surface area contributed by atoms with E-state index in [9.17, 15) is 0 Å². The van der Waals surface area contributed by atoms with Crippen LogP contribution in [0.1, 0.15) is 0 Å². The van der Waals surface area contributed by atoms with Crippen LogP contribution >= 0.6 is 39.7 Å². The highest BCUT2D eigenvalue weighted by Gasteiger charge is 2.11. The molecule has 3 aromatic rings. The van der Waals surface area contributed by atoms with Crippen molar-refractivity contribution in [3.05, 3.63) is 50.7 Å². The van der Waals surface area contributed by atoms with Gasteiger partial charge in [0.1, 0.15) is 5.75 Å². The van der Waals surface area contributed by atoms with Gasteiger partial charge in [-0.1, -0.05) is 27.5 Å². The van der Waals surface area contributed by atoms with Gasteiger partial charge in [0, 0.05) is 10.5 Å². The van der Waals surface area contributed by atoms with E-state index in [1.54, 1.807) is 7.11 Å². The smallest absolute Gasteiger partial charge is 0.182 e. The average molecular weight is 370 g/mol. The van der Waals surface area contributed by atoms with Crippen LogP contribution in [0.3, 0.4) is 0 Å². The summed E-state index contributed by atoms with van der Waals surface area (Å²) in [6.45, 7) is 0. The first-order valence-corrected chi connectivity index (χ1v) is 7.42. The molecule has 20 heavy (non-hydrogen) atoms. The maximum Gasteiger partial charge on any atom is 0.182 e. The molecule has 3 nitrogen and oxygen atoms in total. The molecule has 3 rings (SSSR count). The van der Waals surface area contributed by atoms with Gasteiger partial charge >= 0.3 is 0 Å². The first-order chi connectivity index (χ1) is 9.60. The molecule has 0 spiro atoms. The van der Waals surface area contributed by atoms with Crippen LogP contribution in [-0.4, -0.2) is 16.7 Å². The highest BCUT2D eigenvalue weighted by Crippen LogP contribution is 2.29. The van der Waals surface area contributed by atoms with Crippen LogP contribution in [-0.2, 0) is 0 Å². The summed E-state index contributed by atoms with van der Waals surface area (Å²) in [5, 5.41) is 0.632. The first-order valence-electron chi connectivity index (χ1n) is 5.84. The van der Waals surface area contributed by atoms with Crippen LogP contribution in [0.2, 0.25) is 5.02 Å². The molecular formula is C14H10BrClN2OS. The number of nitrogens with zero attached hydrogens (tertiary/aromatic N) is 1. The SMILES string of the molecule is COc1ccc2[nH]c(=S)n(-c3cc(Br)ccc3Cl)c2c1. The van der Waals surface area contributed by atoms with Gasteiger partial charge in [-0.15, -0.1) is 0 Å². The predicted molar refractivity (Wildman–Crippen MR) is 87.7 cm³/mol. The molecule has 6 heteroatoms. The molecule has 0 aliphatic rings. The minimum atomic E-state index is 0.591. The number of aromatic nitrogens is 2. The number of aromatic amines is 1. The number of hydrogen-bond donors (Lipinski definition) is 1. The van der Waals surface area contributed by atoms with Gasteiger partial charge in [-0.2, -0.15) is 0 Å². The van der Waals surface area contributed by atoms with Crippen LogP contribution in [0.5, 0.6) is 5.75 Å². The third-order valence-corrected chi connectivity index (χ3v) is 4.14. The van der Waals surface area contributed by atoms with Crippen molar-refractivity contribution in [3.63, 3.8) is 0 Å². The molecule has 0 fully saturated rings. The molecule has 0 bridgehead atoms. The van der Waals surface area contributed by atoms with Crippen LogP contribution in [0, 0.1) is 4.77 Å². The van der Waals surface area contributed by atoms with Crippen molar-refractivity contribution in [2.75, 3.05) is 7.11 Å². The fraction of sp³-hybridized carbons (Fsp3) is 0.0714. The predicted octanol–water partition coefficient (Wildman–Crippen LogP) is 5.11. The van der Waals surface area contributed by atoms with Gasteiger partial charge in [0.05, 0.1) is 28.9 Å². The van der Waals surface area contributed by atoms with E-state index in [1.165, 1.54) is 0 Å². The Hall–Kier alpha value is -1.30. The van der Waals surface area contributed by atoms with Crippen molar-refractivity contribution in [2.45, 2.75) is 0 Å². The lowest BCUT2D eigenvalue weighted by atomic mass is 10.2. The number of nitrogens with one attached hydrogen (secondary N) is 1. The Kier molecular flexibility index (Phi) is 3.58. The molecule has 0 amide bonds. The average Bonchev–Trinajstić information content (AvgIpc) is 2.76. The van der Waals surface area contributed by atoms with Crippen LogP contribution in [0.15, 0.2) is 40.9 Å². The fourth-order valence-corrected chi connectivity index (χ4v) is 2.96. The number of halogens is 2. The minimum Gasteiger partial charge on any atom is -0.497 e. The number of rotatable bonds is 2. The minimum absolute atomic E-state index is 0.591. The highest BCUT2D eigenvalue weighted by atomic mass is 79.9. The zero-order valence-corrected chi connectivity index (χ0v) is 13.6. The van der Waals surface area contributed by atoms with Crippen LogP contribution < -0.4 is 4.74 Å². The summed E-state index contributed by atoms with van der Waals surface area (Å²) in [7, 11) is 1.64. The molecule has 0 aliphatic carbocycles. The molecule has 0 saturated heterocycles. The largest absolute Gasteiger partial charge is 0.497 e. The Balaban J connectivity index is 2.37. The second-order valence-electron chi connectivity index (χ2n) is 4.24. The Labute approximate surface area is 134 Å². The summed E-state index contributed by atoms with van der Waals surface area (Å²) in [5.74, 6) is 0.770. The van der Waals surface area contributed by atoms with Crippen LogP contribution in [0.25, 0.3) is 16.7 Å². The van der Waals surface area contributed by atoms with Crippen molar-refractivity contribution in [1.82, 2.24) is 9.55 Å². The maximum atomic E-state index is 6.30. The lowest BCUT2D eigenvalue weighted by molar-refractivity contribution is 0.415. The molecule has 0 saturated carbocycles. The molecule has 0 aliphatic heterocycles. The number of H-pyrrole nitrogens is 1. The molecule has 0 atom stereocenters. The van der Waals surface area contributed by atoms with E-state index in [1.807, 2.05) is 41.0 Å². The van der Waals surface area contributed by atoms with Gasteiger partial charge in [0.2, 0.25) is 0 Å². The summed E-state index contributed by atoms with van der Waals surface area (Å²) >= 11 is 15.2. The molecule has 2 aromatic carbocycles. The quantitative estimate of drug-likeness (QED) is 0.636. The van der Waals surface area contributed by atoms with E-state index in [4.69, 9.17) is 28.6 Å². The molecule has 0 radical (unpaired) electrons. The van der Waals surface area contributed by atoms with Crippen LogP contribution in [0.4, 0.5) is 0 Å². The number of fused-ring (bicyclic) bond motifs is 1. The van der Waals surface area contributed by atoms with E-state index in [2.05, 4.69) is 20.9 Å². The molecular weight excluding hydrogens is 360 g/mol. The fourth-order valence-electron chi connectivity index (χ4n) is 2.11. The van der Waals surface area contributed by atoms with Gasteiger partial charge in [-0.3, -0.25) is 4.57 Å². The first kappa shape index (κ1) is 13.7. The van der Waals surface area contributed by atoms with Crippen molar-refractivity contribution < 1.29 is 4.74 Å². The summed E-state index contributed by atoms with van der Waals surface area (Å²) in [4.78, 5) is 3.17. The van der Waals surface area contributed by atoms with Gasteiger partial charge in [0.25, 0.3) is 0 Å². The van der Waals surface area contributed by atoms with E-state index in [0.29, 0.717) is 9.79 Å². The second-order valence-corrected chi connectivity index (χ2v) is 5.95. The van der Waals surface area contributed by atoms with Gasteiger partial charge in [-0.05, 0) is 42.5 Å².